The van der Waals surface area contributed by atoms with E-state index < -0.39 is 0 Å². The lowest BCUT2D eigenvalue weighted by molar-refractivity contribution is -0.119. The Morgan fingerprint density at radius 3 is 3.00 bits per heavy atom. The van der Waals surface area contributed by atoms with Crippen molar-refractivity contribution < 1.29 is 4.79 Å². The summed E-state index contributed by atoms with van der Waals surface area (Å²) in [6.07, 6.45) is 3.65. The molecule has 1 amide bonds. The van der Waals surface area contributed by atoms with E-state index >= 15 is 0 Å². The lowest BCUT2D eigenvalue weighted by Gasteiger charge is -2.10. The van der Waals surface area contributed by atoms with Gasteiger partial charge in [0, 0.05) is 11.3 Å². The molecule has 1 aromatic rings. The molecule has 74 valence electrons. The first kappa shape index (κ1) is 9.59. The summed E-state index contributed by atoms with van der Waals surface area (Å²) in [6.45, 7) is 0. The molecular weight excluding hydrogens is 194 g/mol. The maximum absolute atomic E-state index is 11.1. The summed E-state index contributed by atoms with van der Waals surface area (Å²) in [5, 5.41) is 2.97. The summed E-state index contributed by atoms with van der Waals surface area (Å²) in [6, 6.07) is 8.60. The van der Waals surface area contributed by atoms with Crippen LogP contribution >= 0.6 is 11.8 Å². The topological polar surface area (TPSA) is 29.1 Å². The van der Waals surface area contributed by atoms with E-state index in [4.69, 9.17) is 0 Å². The lowest BCUT2D eigenvalue weighted by Crippen LogP contribution is -2.18. The molecule has 1 aromatic carbocycles. The van der Waals surface area contributed by atoms with Crippen molar-refractivity contribution in [3.8, 4) is 0 Å². The molecule has 0 aromatic heterocycles. The van der Waals surface area contributed by atoms with Crippen LogP contribution in [0.2, 0.25) is 0 Å². The number of benzene rings is 1. The van der Waals surface area contributed by atoms with Crippen LogP contribution in [0.5, 0.6) is 0 Å². The van der Waals surface area contributed by atoms with Gasteiger partial charge in [0.15, 0.2) is 0 Å². The fourth-order valence-electron chi connectivity index (χ4n) is 1.72. The van der Waals surface area contributed by atoms with Crippen molar-refractivity contribution in [3.63, 3.8) is 0 Å². The molecule has 2 rings (SSSR count). The number of thioether (sulfide) groups is 1. The molecule has 0 spiro atoms. The van der Waals surface area contributed by atoms with Crippen molar-refractivity contribution in [1.29, 1.82) is 0 Å². The maximum Gasteiger partial charge on any atom is 0.220 e. The predicted octanol–water partition coefficient (Wildman–Crippen LogP) is 2.36. The van der Waals surface area contributed by atoms with Gasteiger partial charge in [0.1, 0.15) is 0 Å². The first-order valence-electron chi connectivity index (χ1n) is 4.73. The Hall–Kier alpha value is -0.960. The molecule has 3 heteroatoms. The highest BCUT2D eigenvalue weighted by atomic mass is 32.2. The standard InChI is InChI=1S/C11H13NOS/c1-14-9-4-2-3-8(7-9)10-5-6-11(13)12-10/h2-4,7,10H,5-6H2,1H3,(H,12,13)/t10-/m0/s1. The molecule has 1 atom stereocenters. The van der Waals surface area contributed by atoms with Gasteiger partial charge in [-0.2, -0.15) is 0 Å². The molecule has 1 fully saturated rings. The minimum Gasteiger partial charge on any atom is -0.349 e. The van der Waals surface area contributed by atoms with Gasteiger partial charge in [-0.3, -0.25) is 4.79 Å². The van der Waals surface area contributed by atoms with Crippen molar-refractivity contribution in [1.82, 2.24) is 5.32 Å². The first-order chi connectivity index (χ1) is 6.79. The Bertz CT molecular complexity index is 351. The van der Waals surface area contributed by atoms with Gasteiger partial charge in [-0.05, 0) is 30.4 Å². The summed E-state index contributed by atoms with van der Waals surface area (Å²) < 4.78 is 0. The van der Waals surface area contributed by atoms with Gasteiger partial charge in [-0.1, -0.05) is 12.1 Å². The highest BCUT2D eigenvalue weighted by molar-refractivity contribution is 7.98. The van der Waals surface area contributed by atoms with Crippen molar-refractivity contribution in [3.05, 3.63) is 29.8 Å². The monoisotopic (exact) mass is 207 g/mol. The molecule has 0 aliphatic carbocycles. The third-order valence-electron chi connectivity index (χ3n) is 2.49. The summed E-state index contributed by atoms with van der Waals surface area (Å²) in [7, 11) is 0. The van der Waals surface area contributed by atoms with Crippen LogP contribution in [0, 0.1) is 0 Å². The molecule has 1 aliphatic heterocycles. The highest BCUT2D eigenvalue weighted by Gasteiger charge is 2.21. The number of carbonyl (C=O) groups excluding carboxylic acids is 1. The van der Waals surface area contributed by atoms with Crippen LogP contribution in [0.3, 0.4) is 0 Å². The van der Waals surface area contributed by atoms with E-state index in [1.54, 1.807) is 11.8 Å². The third kappa shape index (κ3) is 1.93. The normalized spacial score (nSPS) is 20.9. The van der Waals surface area contributed by atoms with Crippen LogP contribution in [0.25, 0.3) is 0 Å². The van der Waals surface area contributed by atoms with E-state index in [-0.39, 0.29) is 11.9 Å². The third-order valence-corrected chi connectivity index (χ3v) is 3.22. The smallest absolute Gasteiger partial charge is 0.220 e. The van der Waals surface area contributed by atoms with Crippen molar-refractivity contribution in [2.24, 2.45) is 0 Å². The Morgan fingerprint density at radius 2 is 2.36 bits per heavy atom. The number of carbonyl (C=O) groups is 1. The van der Waals surface area contributed by atoms with Crippen LogP contribution in [-0.4, -0.2) is 12.2 Å². The highest BCUT2D eigenvalue weighted by Crippen LogP contribution is 2.26. The first-order valence-corrected chi connectivity index (χ1v) is 5.95. The predicted molar refractivity (Wildman–Crippen MR) is 58.3 cm³/mol. The van der Waals surface area contributed by atoms with Gasteiger partial charge in [-0.25, -0.2) is 0 Å². The van der Waals surface area contributed by atoms with Crippen LogP contribution in [0.4, 0.5) is 0 Å². The van der Waals surface area contributed by atoms with E-state index in [0.29, 0.717) is 6.42 Å². The van der Waals surface area contributed by atoms with Crippen molar-refractivity contribution in [2.75, 3.05) is 6.26 Å². The van der Waals surface area contributed by atoms with Crippen LogP contribution in [0.15, 0.2) is 29.2 Å². The molecule has 0 unspecified atom stereocenters. The van der Waals surface area contributed by atoms with Gasteiger partial charge in [0.2, 0.25) is 5.91 Å². The fraction of sp³-hybridized carbons (Fsp3) is 0.364. The second-order valence-electron chi connectivity index (χ2n) is 3.44. The Balaban J connectivity index is 2.19. The molecule has 1 aliphatic rings. The van der Waals surface area contributed by atoms with Crippen molar-refractivity contribution >= 4 is 17.7 Å². The maximum atomic E-state index is 11.1. The molecule has 2 nitrogen and oxygen atoms in total. The van der Waals surface area contributed by atoms with Gasteiger partial charge in [-0.15, -0.1) is 11.8 Å². The molecule has 0 bridgehead atoms. The number of hydrogen-bond donors (Lipinski definition) is 1. The van der Waals surface area contributed by atoms with Gasteiger partial charge >= 0.3 is 0 Å². The zero-order valence-electron chi connectivity index (χ0n) is 8.12. The molecule has 1 heterocycles. The minimum absolute atomic E-state index is 0.171. The Morgan fingerprint density at radius 1 is 1.50 bits per heavy atom. The SMILES string of the molecule is CSc1cccc([C@@H]2CCC(=O)N2)c1. The summed E-state index contributed by atoms with van der Waals surface area (Å²) in [4.78, 5) is 12.3. The van der Waals surface area contributed by atoms with E-state index in [1.807, 2.05) is 6.07 Å². The second kappa shape index (κ2) is 4.05. The van der Waals surface area contributed by atoms with Gasteiger partial charge in [0.25, 0.3) is 0 Å². The molecular formula is C11H13NOS. The second-order valence-corrected chi connectivity index (χ2v) is 4.32. The van der Waals surface area contributed by atoms with Crippen LogP contribution in [0.1, 0.15) is 24.4 Å². The minimum atomic E-state index is 0.171. The quantitative estimate of drug-likeness (QED) is 0.754. The molecule has 0 saturated carbocycles. The summed E-state index contributed by atoms with van der Waals surface area (Å²) >= 11 is 1.73. The van der Waals surface area contributed by atoms with E-state index in [9.17, 15) is 4.79 Å². The van der Waals surface area contributed by atoms with Crippen molar-refractivity contribution in [2.45, 2.75) is 23.8 Å². The van der Waals surface area contributed by atoms with E-state index in [0.717, 1.165) is 6.42 Å². The lowest BCUT2D eigenvalue weighted by atomic mass is 10.1. The number of hydrogen-bond acceptors (Lipinski definition) is 2. The Kier molecular flexibility index (Phi) is 2.77. The Labute approximate surface area is 88.1 Å². The zero-order chi connectivity index (χ0) is 9.97. The fourth-order valence-corrected chi connectivity index (χ4v) is 2.19. The molecule has 1 saturated heterocycles. The average molecular weight is 207 g/mol. The molecule has 1 N–H and O–H groups in total. The van der Waals surface area contributed by atoms with E-state index in [1.165, 1.54) is 10.5 Å². The molecule has 14 heavy (non-hydrogen) atoms. The summed E-state index contributed by atoms with van der Waals surface area (Å²) in [5.74, 6) is 0.171. The summed E-state index contributed by atoms with van der Waals surface area (Å²) in [5.41, 5.74) is 1.22. The average Bonchev–Trinajstić information content (AvgIpc) is 2.65. The van der Waals surface area contributed by atoms with Gasteiger partial charge < -0.3 is 5.32 Å². The van der Waals surface area contributed by atoms with Crippen LogP contribution < -0.4 is 5.32 Å². The number of nitrogens with one attached hydrogen (secondary N) is 1. The van der Waals surface area contributed by atoms with E-state index in [2.05, 4.69) is 29.8 Å². The molecule has 0 radical (unpaired) electrons. The van der Waals surface area contributed by atoms with Gasteiger partial charge in [0.05, 0.1) is 6.04 Å². The number of amides is 1. The van der Waals surface area contributed by atoms with Crippen LogP contribution in [-0.2, 0) is 4.79 Å². The number of rotatable bonds is 2. The zero-order valence-corrected chi connectivity index (χ0v) is 8.93. The largest absolute Gasteiger partial charge is 0.349 e.